The van der Waals surface area contributed by atoms with Gasteiger partial charge in [0.25, 0.3) is 5.91 Å². The Labute approximate surface area is 207 Å². The number of carbonyl (C=O) groups is 2. The molecule has 7 rings (SSSR count). The van der Waals surface area contributed by atoms with Crippen molar-refractivity contribution in [3.8, 4) is 0 Å². The fourth-order valence-corrected chi connectivity index (χ4v) is 7.72. The first-order chi connectivity index (χ1) is 16.9. The first-order valence-electron chi connectivity index (χ1n) is 12.3. The summed E-state index contributed by atoms with van der Waals surface area (Å²) in [7, 11) is 0. The molecule has 7 heteroatoms. The van der Waals surface area contributed by atoms with E-state index in [-0.39, 0.29) is 17.4 Å². The van der Waals surface area contributed by atoms with Crippen molar-refractivity contribution in [2.24, 2.45) is 17.8 Å². The molecule has 2 N–H and O–H groups in total. The highest BCUT2D eigenvalue weighted by atomic mass is 32.2. The maximum absolute atomic E-state index is 13.1. The molecule has 35 heavy (non-hydrogen) atoms. The largest absolute Gasteiger partial charge is 0.423 e. The van der Waals surface area contributed by atoms with Crippen LogP contribution in [0.5, 0.6) is 0 Å². The van der Waals surface area contributed by atoms with Crippen molar-refractivity contribution in [1.82, 2.24) is 5.32 Å². The minimum absolute atomic E-state index is 0.00148. The molecular weight excluding hydrogens is 460 g/mol. The van der Waals surface area contributed by atoms with Gasteiger partial charge in [-0.3, -0.25) is 9.59 Å². The summed E-state index contributed by atoms with van der Waals surface area (Å²) in [6, 6.07) is 15.5. The number of nitrogens with one attached hydrogen (secondary N) is 2. The third-order valence-corrected chi connectivity index (χ3v) is 8.88. The van der Waals surface area contributed by atoms with E-state index in [0.29, 0.717) is 22.6 Å². The molecule has 0 aliphatic heterocycles. The molecule has 4 saturated carbocycles. The van der Waals surface area contributed by atoms with Gasteiger partial charge in [-0.1, -0.05) is 12.1 Å². The third-order valence-electron chi connectivity index (χ3n) is 7.81. The maximum atomic E-state index is 13.1. The first kappa shape index (κ1) is 22.4. The molecule has 0 unspecified atom stereocenters. The highest BCUT2D eigenvalue weighted by Crippen LogP contribution is 2.55. The lowest BCUT2D eigenvalue weighted by molar-refractivity contribution is -0.124. The number of hydrogen-bond donors (Lipinski definition) is 2. The zero-order valence-corrected chi connectivity index (χ0v) is 20.2. The summed E-state index contributed by atoms with van der Waals surface area (Å²) in [5.74, 6) is 2.45. The Kier molecular flexibility index (Phi) is 5.67. The van der Waals surface area contributed by atoms with Crippen molar-refractivity contribution in [3.63, 3.8) is 0 Å². The van der Waals surface area contributed by atoms with Crippen LogP contribution in [0.25, 0.3) is 11.0 Å². The van der Waals surface area contributed by atoms with Crippen molar-refractivity contribution in [2.45, 2.75) is 49.0 Å². The van der Waals surface area contributed by atoms with Crippen LogP contribution < -0.4 is 16.3 Å². The molecule has 3 aromatic rings. The Balaban J connectivity index is 1.11. The van der Waals surface area contributed by atoms with Crippen LogP contribution in [0.1, 0.15) is 48.9 Å². The van der Waals surface area contributed by atoms with Gasteiger partial charge in [0, 0.05) is 27.6 Å². The number of amides is 2. The van der Waals surface area contributed by atoms with E-state index in [0.717, 1.165) is 47.3 Å². The van der Waals surface area contributed by atoms with Gasteiger partial charge in [-0.2, -0.15) is 0 Å². The second-order valence-electron chi connectivity index (χ2n) is 10.5. The van der Waals surface area contributed by atoms with Gasteiger partial charge in [0.15, 0.2) is 0 Å². The number of fused-ring (bicyclic) bond motifs is 1. The minimum atomic E-state index is -0.410. The molecule has 180 valence electrons. The van der Waals surface area contributed by atoms with Gasteiger partial charge in [0.05, 0.1) is 11.3 Å². The number of anilines is 1. The summed E-state index contributed by atoms with van der Waals surface area (Å²) in [4.78, 5) is 38.2. The molecular formula is C28H28N2O4S. The average Bonchev–Trinajstić information content (AvgIpc) is 2.82. The summed E-state index contributed by atoms with van der Waals surface area (Å²) in [6.45, 7) is 0. The van der Waals surface area contributed by atoms with E-state index >= 15 is 0 Å². The molecule has 2 aromatic carbocycles. The smallest absolute Gasteiger partial charge is 0.336 e. The summed E-state index contributed by atoms with van der Waals surface area (Å²) in [5, 5.41) is 7.06. The van der Waals surface area contributed by atoms with Gasteiger partial charge < -0.3 is 15.1 Å². The molecule has 4 bridgehead atoms. The molecule has 4 aliphatic carbocycles. The van der Waals surface area contributed by atoms with Gasteiger partial charge in [-0.15, -0.1) is 11.8 Å². The molecule has 2 amide bonds. The molecule has 6 nitrogen and oxygen atoms in total. The Morgan fingerprint density at radius 1 is 0.943 bits per heavy atom. The van der Waals surface area contributed by atoms with E-state index in [1.807, 2.05) is 18.2 Å². The van der Waals surface area contributed by atoms with E-state index in [2.05, 4.69) is 10.6 Å². The van der Waals surface area contributed by atoms with Crippen LogP contribution in [0, 0.1) is 17.8 Å². The number of thioether (sulfide) groups is 1. The SMILES string of the molecule is O=C(CSc1ccccc1C(=O)Nc1ccc2oc(=O)ccc2c1)NC12CC3CC(CC(C3)C1)C2. The van der Waals surface area contributed by atoms with Gasteiger partial charge in [-0.25, -0.2) is 4.79 Å². The summed E-state index contributed by atoms with van der Waals surface area (Å²) >= 11 is 1.40. The van der Waals surface area contributed by atoms with Gasteiger partial charge in [-0.05, 0) is 92.7 Å². The monoisotopic (exact) mass is 488 g/mol. The van der Waals surface area contributed by atoms with E-state index in [1.54, 1.807) is 30.3 Å². The molecule has 1 heterocycles. The fourth-order valence-electron chi connectivity index (χ4n) is 6.87. The summed E-state index contributed by atoms with van der Waals surface area (Å²) in [6.07, 6.45) is 7.42. The predicted molar refractivity (Wildman–Crippen MR) is 137 cm³/mol. The number of benzene rings is 2. The topological polar surface area (TPSA) is 88.4 Å². The van der Waals surface area contributed by atoms with Crippen LogP contribution >= 0.6 is 11.8 Å². The fraction of sp³-hybridized carbons (Fsp3) is 0.393. The lowest BCUT2D eigenvalue weighted by Crippen LogP contribution is -2.60. The minimum Gasteiger partial charge on any atom is -0.423 e. The molecule has 1 aromatic heterocycles. The van der Waals surface area contributed by atoms with Crippen molar-refractivity contribution in [3.05, 3.63) is 70.6 Å². The van der Waals surface area contributed by atoms with Crippen LogP contribution in [0.2, 0.25) is 0 Å². The highest BCUT2D eigenvalue weighted by Gasteiger charge is 2.51. The van der Waals surface area contributed by atoms with Crippen molar-refractivity contribution < 1.29 is 14.0 Å². The molecule has 0 radical (unpaired) electrons. The molecule has 0 saturated heterocycles. The van der Waals surface area contributed by atoms with Crippen LogP contribution in [0.15, 0.2) is 68.7 Å². The quantitative estimate of drug-likeness (QED) is 0.367. The predicted octanol–water partition coefficient (Wildman–Crippen LogP) is 5.22. The van der Waals surface area contributed by atoms with Gasteiger partial charge in [0.2, 0.25) is 5.91 Å². The standard InChI is InChI=1S/C28H28N2O4S/c31-25(30-28-13-17-9-18(14-28)11-19(10-17)15-28)16-35-24-4-2-1-3-22(24)27(33)29-21-6-7-23-20(12-21)5-8-26(32)34-23/h1-8,12,17-19H,9-11,13-16H2,(H,29,33)(H,30,31). The summed E-state index contributed by atoms with van der Waals surface area (Å²) in [5.41, 5.74) is 1.19. The van der Waals surface area contributed by atoms with E-state index in [4.69, 9.17) is 4.42 Å². The van der Waals surface area contributed by atoms with E-state index < -0.39 is 5.63 Å². The van der Waals surface area contributed by atoms with Crippen LogP contribution in [-0.2, 0) is 4.79 Å². The zero-order chi connectivity index (χ0) is 24.0. The number of hydrogen-bond acceptors (Lipinski definition) is 5. The van der Waals surface area contributed by atoms with Gasteiger partial charge in [0.1, 0.15) is 5.58 Å². The lowest BCUT2D eigenvalue weighted by Gasteiger charge is -2.56. The zero-order valence-electron chi connectivity index (χ0n) is 19.4. The Morgan fingerprint density at radius 2 is 1.66 bits per heavy atom. The molecule has 4 fully saturated rings. The van der Waals surface area contributed by atoms with Crippen molar-refractivity contribution in [1.29, 1.82) is 0 Å². The van der Waals surface area contributed by atoms with E-state index in [1.165, 1.54) is 37.1 Å². The Hall–Kier alpha value is -3.06. The lowest BCUT2D eigenvalue weighted by atomic mass is 9.53. The second kappa shape index (κ2) is 8.86. The normalized spacial score (nSPS) is 26.6. The Morgan fingerprint density at radius 3 is 2.40 bits per heavy atom. The second-order valence-corrected chi connectivity index (χ2v) is 11.5. The van der Waals surface area contributed by atoms with Gasteiger partial charge >= 0.3 is 5.63 Å². The van der Waals surface area contributed by atoms with Crippen molar-refractivity contribution in [2.75, 3.05) is 11.1 Å². The molecule has 0 spiro atoms. The number of rotatable bonds is 6. The van der Waals surface area contributed by atoms with Crippen LogP contribution in [0.3, 0.4) is 0 Å². The number of carbonyl (C=O) groups excluding carboxylic acids is 2. The Bertz CT molecular complexity index is 1330. The maximum Gasteiger partial charge on any atom is 0.336 e. The van der Waals surface area contributed by atoms with Crippen LogP contribution in [-0.4, -0.2) is 23.1 Å². The first-order valence-corrected chi connectivity index (χ1v) is 13.3. The highest BCUT2D eigenvalue weighted by molar-refractivity contribution is 8.00. The molecule has 0 atom stereocenters. The van der Waals surface area contributed by atoms with Crippen molar-refractivity contribution >= 4 is 40.2 Å². The summed E-state index contributed by atoms with van der Waals surface area (Å²) < 4.78 is 5.16. The molecule has 4 aliphatic rings. The third kappa shape index (κ3) is 4.61. The average molecular weight is 489 g/mol. The van der Waals surface area contributed by atoms with Crippen LogP contribution in [0.4, 0.5) is 5.69 Å². The van der Waals surface area contributed by atoms with E-state index in [9.17, 15) is 14.4 Å².